The molecule has 1 atom stereocenters. The van der Waals surface area contributed by atoms with E-state index in [1.165, 1.54) is 0 Å². The number of carbonyl (C=O) groups excluding carboxylic acids is 1. The van der Waals surface area contributed by atoms with Crippen LogP contribution in [0.1, 0.15) is 39.4 Å². The minimum Gasteiger partial charge on any atom is -0.373 e. The van der Waals surface area contributed by atoms with Gasteiger partial charge in [-0.25, -0.2) is 9.97 Å². The van der Waals surface area contributed by atoms with Crippen molar-refractivity contribution in [3.63, 3.8) is 0 Å². The molecule has 0 radical (unpaired) electrons. The number of primary amides is 1. The van der Waals surface area contributed by atoms with Gasteiger partial charge in [0.2, 0.25) is 5.91 Å². The fraction of sp³-hybridized carbons (Fsp3) is 0.615. The van der Waals surface area contributed by atoms with Crippen molar-refractivity contribution < 1.29 is 4.79 Å². The summed E-state index contributed by atoms with van der Waals surface area (Å²) in [4.78, 5) is 20.2. The van der Waals surface area contributed by atoms with Crippen LogP contribution >= 0.6 is 0 Å². The first-order chi connectivity index (χ1) is 8.85. The lowest BCUT2D eigenvalue weighted by Crippen LogP contribution is -2.39. The summed E-state index contributed by atoms with van der Waals surface area (Å²) in [5.74, 6) is 1.97. The fourth-order valence-electron chi connectivity index (χ4n) is 1.65. The second kappa shape index (κ2) is 6.36. The van der Waals surface area contributed by atoms with Crippen LogP contribution in [0.3, 0.4) is 0 Å². The maximum Gasteiger partial charge on any atom is 0.240 e. The standard InChI is InChI=1S/C13H23N5O/c1-7(2)11(12(14)19)16-10-6-9(15-5)17-13(18-10)8(3)4/h6-8,11H,1-5H3,(H2,14,19)(H2,15,16,17,18). The summed E-state index contributed by atoms with van der Waals surface area (Å²) in [6.45, 7) is 7.91. The Bertz CT molecular complexity index is 445. The van der Waals surface area contributed by atoms with Crippen LogP contribution in [0.25, 0.3) is 0 Å². The third-order valence-corrected chi connectivity index (χ3v) is 2.79. The first-order valence-corrected chi connectivity index (χ1v) is 6.47. The van der Waals surface area contributed by atoms with Crippen molar-refractivity contribution in [1.82, 2.24) is 9.97 Å². The Labute approximate surface area is 114 Å². The molecule has 1 amide bonds. The Morgan fingerprint density at radius 2 is 1.79 bits per heavy atom. The quantitative estimate of drug-likeness (QED) is 0.726. The summed E-state index contributed by atoms with van der Waals surface area (Å²) in [5, 5.41) is 6.07. The number of nitrogens with two attached hydrogens (primary N) is 1. The Morgan fingerprint density at radius 3 is 2.21 bits per heavy atom. The van der Waals surface area contributed by atoms with Crippen LogP contribution in [0, 0.1) is 5.92 Å². The van der Waals surface area contributed by atoms with Crippen molar-refractivity contribution in [3.05, 3.63) is 11.9 Å². The maximum absolute atomic E-state index is 11.4. The highest BCUT2D eigenvalue weighted by molar-refractivity contribution is 5.83. The van der Waals surface area contributed by atoms with E-state index in [9.17, 15) is 4.79 Å². The normalized spacial score (nSPS) is 12.6. The lowest BCUT2D eigenvalue weighted by molar-refractivity contribution is -0.119. The predicted molar refractivity (Wildman–Crippen MR) is 77.1 cm³/mol. The molecular formula is C13H23N5O. The van der Waals surface area contributed by atoms with E-state index in [0.717, 1.165) is 5.82 Å². The van der Waals surface area contributed by atoms with Gasteiger partial charge < -0.3 is 16.4 Å². The number of nitrogens with zero attached hydrogens (tertiary/aromatic N) is 2. The Balaban J connectivity index is 3.05. The topological polar surface area (TPSA) is 92.9 Å². The monoisotopic (exact) mass is 265 g/mol. The predicted octanol–water partition coefficient (Wildman–Crippen LogP) is 1.56. The van der Waals surface area contributed by atoms with E-state index >= 15 is 0 Å². The SMILES string of the molecule is CNc1cc(NC(C(N)=O)C(C)C)nc(C(C)C)n1. The minimum absolute atomic E-state index is 0.0907. The molecule has 0 aromatic carbocycles. The number of hydrogen-bond acceptors (Lipinski definition) is 5. The van der Waals surface area contributed by atoms with E-state index < -0.39 is 6.04 Å². The molecule has 19 heavy (non-hydrogen) atoms. The smallest absolute Gasteiger partial charge is 0.240 e. The highest BCUT2D eigenvalue weighted by Crippen LogP contribution is 2.18. The second-order valence-electron chi connectivity index (χ2n) is 5.17. The summed E-state index contributed by atoms with van der Waals surface area (Å²) >= 11 is 0. The molecule has 1 rings (SSSR count). The number of rotatable bonds is 6. The van der Waals surface area contributed by atoms with E-state index in [0.29, 0.717) is 11.6 Å². The average molecular weight is 265 g/mol. The van der Waals surface area contributed by atoms with Gasteiger partial charge in [-0.2, -0.15) is 0 Å². The highest BCUT2D eigenvalue weighted by Gasteiger charge is 2.20. The molecule has 106 valence electrons. The van der Waals surface area contributed by atoms with Crippen LogP contribution < -0.4 is 16.4 Å². The van der Waals surface area contributed by atoms with Gasteiger partial charge in [0.15, 0.2) is 0 Å². The number of carbonyl (C=O) groups is 1. The van der Waals surface area contributed by atoms with Crippen LogP contribution in [-0.2, 0) is 4.79 Å². The van der Waals surface area contributed by atoms with Crippen molar-refractivity contribution in [3.8, 4) is 0 Å². The van der Waals surface area contributed by atoms with Crippen LogP contribution in [0.4, 0.5) is 11.6 Å². The molecule has 6 heteroatoms. The minimum atomic E-state index is -0.445. The Kier molecular flexibility index (Phi) is 5.09. The zero-order chi connectivity index (χ0) is 14.6. The first-order valence-electron chi connectivity index (χ1n) is 6.47. The van der Waals surface area contributed by atoms with Gasteiger partial charge >= 0.3 is 0 Å². The maximum atomic E-state index is 11.4. The van der Waals surface area contributed by atoms with E-state index in [2.05, 4.69) is 20.6 Å². The van der Waals surface area contributed by atoms with Crippen LogP contribution in [0.2, 0.25) is 0 Å². The van der Waals surface area contributed by atoms with Crippen molar-refractivity contribution in [2.24, 2.45) is 11.7 Å². The molecular weight excluding hydrogens is 242 g/mol. The molecule has 0 aliphatic rings. The van der Waals surface area contributed by atoms with Gasteiger partial charge in [-0.05, 0) is 5.92 Å². The molecule has 0 spiro atoms. The highest BCUT2D eigenvalue weighted by atomic mass is 16.1. The van der Waals surface area contributed by atoms with Crippen molar-refractivity contribution in [2.45, 2.75) is 39.7 Å². The molecule has 0 aliphatic carbocycles. The molecule has 0 fully saturated rings. The van der Waals surface area contributed by atoms with Crippen molar-refractivity contribution in [2.75, 3.05) is 17.7 Å². The Morgan fingerprint density at radius 1 is 1.21 bits per heavy atom. The molecule has 1 unspecified atom stereocenters. The lowest BCUT2D eigenvalue weighted by atomic mass is 10.0. The zero-order valence-corrected chi connectivity index (χ0v) is 12.2. The number of amides is 1. The largest absolute Gasteiger partial charge is 0.373 e. The third-order valence-electron chi connectivity index (χ3n) is 2.79. The van der Waals surface area contributed by atoms with Gasteiger partial charge in [0.25, 0.3) is 0 Å². The fourth-order valence-corrected chi connectivity index (χ4v) is 1.65. The van der Waals surface area contributed by atoms with Gasteiger partial charge in [0.05, 0.1) is 0 Å². The molecule has 0 aliphatic heterocycles. The number of hydrogen-bond donors (Lipinski definition) is 3. The van der Waals surface area contributed by atoms with E-state index in [1.54, 1.807) is 13.1 Å². The van der Waals surface area contributed by atoms with E-state index in [4.69, 9.17) is 5.73 Å². The van der Waals surface area contributed by atoms with Crippen molar-refractivity contribution >= 4 is 17.5 Å². The average Bonchev–Trinajstić information content (AvgIpc) is 2.34. The lowest BCUT2D eigenvalue weighted by Gasteiger charge is -2.20. The molecule has 1 heterocycles. The first kappa shape index (κ1) is 15.2. The van der Waals surface area contributed by atoms with Gasteiger partial charge in [-0.15, -0.1) is 0 Å². The summed E-state index contributed by atoms with van der Waals surface area (Å²) in [6.07, 6.45) is 0. The van der Waals surface area contributed by atoms with E-state index in [1.807, 2.05) is 27.7 Å². The van der Waals surface area contributed by atoms with Crippen LogP contribution in [0.15, 0.2) is 6.07 Å². The van der Waals surface area contributed by atoms with Crippen molar-refractivity contribution in [1.29, 1.82) is 0 Å². The third kappa shape index (κ3) is 4.08. The van der Waals surface area contributed by atoms with Crippen LogP contribution in [0.5, 0.6) is 0 Å². The summed E-state index contributed by atoms with van der Waals surface area (Å²) in [6, 6.07) is 1.32. The Hall–Kier alpha value is -1.85. The molecule has 0 bridgehead atoms. The van der Waals surface area contributed by atoms with Gasteiger partial charge in [-0.3, -0.25) is 4.79 Å². The van der Waals surface area contributed by atoms with Gasteiger partial charge in [0.1, 0.15) is 23.5 Å². The van der Waals surface area contributed by atoms with Gasteiger partial charge in [0, 0.05) is 19.0 Å². The number of anilines is 2. The van der Waals surface area contributed by atoms with Crippen LogP contribution in [-0.4, -0.2) is 29.0 Å². The second-order valence-corrected chi connectivity index (χ2v) is 5.17. The summed E-state index contributed by atoms with van der Waals surface area (Å²) < 4.78 is 0. The van der Waals surface area contributed by atoms with Gasteiger partial charge in [-0.1, -0.05) is 27.7 Å². The molecule has 1 aromatic heterocycles. The molecule has 4 N–H and O–H groups in total. The number of nitrogens with one attached hydrogen (secondary N) is 2. The molecule has 0 saturated carbocycles. The molecule has 1 aromatic rings. The van der Waals surface area contributed by atoms with E-state index in [-0.39, 0.29) is 17.7 Å². The summed E-state index contributed by atoms with van der Waals surface area (Å²) in [5.41, 5.74) is 5.39. The number of aromatic nitrogens is 2. The zero-order valence-electron chi connectivity index (χ0n) is 12.2. The summed E-state index contributed by atoms with van der Waals surface area (Å²) in [7, 11) is 1.80. The molecule has 6 nitrogen and oxygen atoms in total. The molecule has 0 saturated heterocycles.